The Hall–Kier alpha value is -0.610. The topological polar surface area (TPSA) is 58.6 Å². The molecule has 64 valence electrons. The Morgan fingerprint density at radius 2 is 2.36 bits per heavy atom. The molecule has 1 heterocycles. The van der Waals surface area contributed by atoms with E-state index < -0.39 is 6.10 Å². The number of methoxy groups -OCH3 is 1. The summed E-state index contributed by atoms with van der Waals surface area (Å²) in [5.41, 5.74) is 0. The normalized spacial score (nSPS) is 31.5. The first-order valence-electron chi connectivity index (χ1n) is 3.70. The lowest BCUT2D eigenvalue weighted by molar-refractivity contribution is -0.147. The summed E-state index contributed by atoms with van der Waals surface area (Å²) >= 11 is 0. The lowest BCUT2D eigenvalue weighted by Crippen LogP contribution is -2.42. The number of β-amino-alcohol motifs (C(OH)–C–C–N with tert-alkyl or cyclic N) is 1. The Morgan fingerprint density at radius 3 is 2.91 bits per heavy atom. The molecule has 0 aliphatic carbocycles. The molecule has 0 bridgehead atoms. The molecule has 2 N–H and O–H groups in total. The summed E-state index contributed by atoms with van der Waals surface area (Å²) in [5, 5.41) is 12.1. The number of carbonyl (C=O) groups is 1. The number of hydrogen-bond acceptors (Lipinski definition) is 4. The molecule has 2 atom stereocenters. The van der Waals surface area contributed by atoms with Crippen molar-refractivity contribution in [1.29, 1.82) is 0 Å². The van der Waals surface area contributed by atoms with E-state index in [4.69, 9.17) is 5.11 Å². The van der Waals surface area contributed by atoms with Crippen LogP contribution in [0.15, 0.2) is 0 Å². The van der Waals surface area contributed by atoms with Gasteiger partial charge in [-0.3, -0.25) is 4.79 Å². The molecule has 1 saturated heterocycles. The van der Waals surface area contributed by atoms with Gasteiger partial charge in [0, 0.05) is 13.1 Å². The molecule has 0 amide bonds. The van der Waals surface area contributed by atoms with Crippen LogP contribution < -0.4 is 5.32 Å². The standard InChI is InChI=1S/C7H13NO3/c1-11-7(10)5-2-6(9)4-8-3-5/h5-6,8-9H,2-4H2,1H3. The average Bonchev–Trinajstić information content (AvgIpc) is 2.03. The second kappa shape index (κ2) is 3.69. The number of rotatable bonds is 1. The summed E-state index contributed by atoms with van der Waals surface area (Å²) in [6, 6.07) is 0. The van der Waals surface area contributed by atoms with Gasteiger partial charge in [-0.2, -0.15) is 0 Å². The van der Waals surface area contributed by atoms with Gasteiger partial charge in [-0.05, 0) is 6.42 Å². The molecule has 1 aliphatic rings. The second-order valence-electron chi connectivity index (χ2n) is 2.77. The first-order chi connectivity index (χ1) is 5.24. The number of aliphatic hydroxyl groups is 1. The molecule has 0 aromatic rings. The summed E-state index contributed by atoms with van der Waals surface area (Å²) in [5.74, 6) is -0.417. The number of piperidine rings is 1. The van der Waals surface area contributed by atoms with E-state index in [2.05, 4.69) is 10.1 Å². The molecule has 0 radical (unpaired) electrons. The summed E-state index contributed by atoms with van der Waals surface area (Å²) in [6.07, 6.45) is 0.104. The van der Waals surface area contributed by atoms with E-state index in [1.165, 1.54) is 7.11 Å². The van der Waals surface area contributed by atoms with E-state index in [1.54, 1.807) is 0 Å². The molecule has 11 heavy (non-hydrogen) atoms. The number of aliphatic hydroxyl groups excluding tert-OH is 1. The van der Waals surface area contributed by atoms with Gasteiger partial charge in [0.1, 0.15) is 0 Å². The summed E-state index contributed by atoms with van der Waals surface area (Å²) in [7, 11) is 1.36. The molecule has 1 aliphatic heterocycles. The largest absolute Gasteiger partial charge is 0.469 e. The number of hydrogen-bond donors (Lipinski definition) is 2. The monoisotopic (exact) mass is 159 g/mol. The van der Waals surface area contributed by atoms with Crippen molar-refractivity contribution in [3.05, 3.63) is 0 Å². The number of carbonyl (C=O) groups excluding carboxylic acids is 1. The third-order valence-electron chi connectivity index (χ3n) is 1.86. The molecule has 0 aromatic carbocycles. The highest BCUT2D eigenvalue weighted by Crippen LogP contribution is 2.11. The molecule has 4 nitrogen and oxygen atoms in total. The number of esters is 1. The Morgan fingerprint density at radius 1 is 1.64 bits per heavy atom. The van der Waals surface area contributed by atoms with Gasteiger partial charge in [0.25, 0.3) is 0 Å². The van der Waals surface area contributed by atoms with Gasteiger partial charge in [-0.25, -0.2) is 0 Å². The van der Waals surface area contributed by atoms with Crippen LogP contribution in [-0.4, -0.2) is 37.4 Å². The van der Waals surface area contributed by atoms with Gasteiger partial charge in [0.15, 0.2) is 0 Å². The maximum Gasteiger partial charge on any atom is 0.310 e. The fourth-order valence-corrected chi connectivity index (χ4v) is 1.27. The van der Waals surface area contributed by atoms with Crippen LogP contribution in [0.1, 0.15) is 6.42 Å². The Bertz CT molecular complexity index is 149. The average molecular weight is 159 g/mol. The van der Waals surface area contributed by atoms with Crippen LogP contribution in [0, 0.1) is 5.92 Å². The van der Waals surface area contributed by atoms with Crippen LogP contribution in [0.25, 0.3) is 0 Å². The zero-order valence-corrected chi connectivity index (χ0v) is 6.54. The Balaban J connectivity index is 2.39. The van der Waals surface area contributed by atoms with Crippen LogP contribution in [0.3, 0.4) is 0 Å². The zero-order valence-electron chi connectivity index (χ0n) is 6.54. The van der Waals surface area contributed by atoms with E-state index in [0.29, 0.717) is 19.5 Å². The first-order valence-corrected chi connectivity index (χ1v) is 3.70. The minimum atomic E-state index is -0.409. The van der Waals surface area contributed by atoms with Crippen LogP contribution in [0.4, 0.5) is 0 Å². The summed E-state index contributed by atoms with van der Waals surface area (Å²) in [6.45, 7) is 1.19. The predicted octanol–water partition coefficient (Wildman–Crippen LogP) is -0.870. The maximum absolute atomic E-state index is 10.9. The van der Waals surface area contributed by atoms with Crippen LogP contribution in [0.2, 0.25) is 0 Å². The number of ether oxygens (including phenoxy) is 1. The fraction of sp³-hybridized carbons (Fsp3) is 0.857. The van der Waals surface area contributed by atoms with E-state index in [0.717, 1.165) is 0 Å². The van der Waals surface area contributed by atoms with Crippen LogP contribution in [0.5, 0.6) is 0 Å². The predicted molar refractivity (Wildman–Crippen MR) is 39.0 cm³/mol. The van der Waals surface area contributed by atoms with Crippen molar-refractivity contribution < 1.29 is 14.6 Å². The molecular formula is C7H13NO3. The molecule has 4 heteroatoms. The van der Waals surface area contributed by atoms with Crippen molar-refractivity contribution in [3.8, 4) is 0 Å². The van der Waals surface area contributed by atoms with Crippen molar-refractivity contribution in [2.24, 2.45) is 5.92 Å². The van der Waals surface area contributed by atoms with E-state index in [1.807, 2.05) is 0 Å². The molecule has 2 unspecified atom stereocenters. The third-order valence-corrected chi connectivity index (χ3v) is 1.86. The second-order valence-corrected chi connectivity index (χ2v) is 2.77. The lowest BCUT2D eigenvalue weighted by Gasteiger charge is -2.24. The van der Waals surface area contributed by atoms with Crippen molar-refractivity contribution in [3.63, 3.8) is 0 Å². The van der Waals surface area contributed by atoms with Crippen LogP contribution >= 0.6 is 0 Å². The van der Waals surface area contributed by atoms with Crippen molar-refractivity contribution in [1.82, 2.24) is 5.32 Å². The van der Waals surface area contributed by atoms with Gasteiger partial charge < -0.3 is 15.2 Å². The first kappa shape index (κ1) is 8.49. The van der Waals surface area contributed by atoms with E-state index in [9.17, 15) is 4.79 Å². The number of nitrogens with one attached hydrogen (secondary N) is 1. The zero-order chi connectivity index (χ0) is 8.27. The van der Waals surface area contributed by atoms with Crippen LogP contribution in [-0.2, 0) is 9.53 Å². The van der Waals surface area contributed by atoms with Gasteiger partial charge in [-0.1, -0.05) is 0 Å². The highest BCUT2D eigenvalue weighted by atomic mass is 16.5. The molecule has 0 saturated carbocycles. The van der Waals surface area contributed by atoms with Gasteiger partial charge in [-0.15, -0.1) is 0 Å². The third kappa shape index (κ3) is 2.17. The molecule has 1 rings (SSSR count). The molecular weight excluding hydrogens is 146 g/mol. The Labute approximate surface area is 65.5 Å². The van der Waals surface area contributed by atoms with E-state index in [-0.39, 0.29) is 11.9 Å². The minimum Gasteiger partial charge on any atom is -0.469 e. The maximum atomic E-state index is 10.9. The highest BCUT2D eigenvalue weighted by Gasteiger charge is 2.26. The quantitative estimate of drug-likeness (QED) is 0.488. The highest BCUT2D eigenvalue weighted by molar-refractivity contribution is 5.72. The minimum absolute atomic E-state index is 0.177. The SMILES string of the molecule is COC(=O)C1CNCC(O)C1. The van der Waals surface area contributed by atoms with E-state index >= 15 is 0 Å². The summed E-state index contributed by atoms with van der Waals surface area (Å²) < 4.78 is 4.55. The van der Waals surface area contributed by atoms with Gasteiger partial charge in [0.2, 0.25) is 0 Å². The molecule has 1 fully saturated rings. The lowest BCUT2D eigenvalue weighted by atomic mass is 9.98. The molecule has 0 spiro atoms. The van der Waals surface area contributed by atoms with Crippen molar-refractivity contribution in [2.45, 2.75) is 12.5 Å². The smallest absolute Gasteiger partial charge is 0.310 e. The molecule has 0 aromatic heterocycles. The van der Waals surface area contributed by atoms with Crippen molar-refractivity contribution >= 4 is 5.97 Å². The fourth-order valence-electron chi connectivity index (χ4n) is 1.27. The van der Waals surface area contributed by atoms with Gasteiger partial charge in [0.05, 0.1) is 19.1 Å². The Kier molecular flexibility index (Phi) is 2.84. The van der Waals surface area contributed by atoms with Crippen molar-refractivity contribution in [2.75, 3.05) is 20.2 Å². The summed E-state index contributed by atoms with van der Waals surface area (Å²) in [4.78, 5) is 10.9. The van der Waals surface area contributed by atoms with Gasteiger partial charge >= 0.3 is 5.97 Å².